The van der Waals surface area contributed by atoms with E-state index in [9.17, 15) is 0 Å². The Labute approximate surface area is 127 Å². The van der Waals surface area contributed by atoms with Crippen LogP contribution in [0.3, 0.4) is 0 Å². The summed E-state index contributed by atoms with van der Waals surface area (Å²) in [6.45, 7) is 6.91. The second-order valence-corrected chi connectivity index (χ2v) is 7.90. The van der Waals surface area contributed by atoms with E-state index in [4.69, 9.17) is 9.73 Å². The number of amidine groups is 2. The minimum absolute atomic E-state index is 0.0456. The first-order chi connectivity index (χ1) is 9.61. The van der Waals surface area contributed by atoms with E-state index in [-0.39, 0.29) is 5.54 Å². The van der Waals surface area contributed by atoms with E-state index in [0.29, 0.717) is 12.1 Å². The van der Waals surface area contributed by atoms with Gasteiger partial charge in [-0.3, -0.25) is 9.98 Å². The molecule has 0 aromatic heterocycles. The fourth-order valence-electron chi connectivity index (χ4n) is 2.80. The standard InChI is InChI=1S/C13H18N4OS2/c1-13(2)7-17-8(6-20-12(17)16-13)5-19-11-14-9-3-18-4-10(9)15-11/h6,9-10H,3-5,7H2,1-2H3,(H,14,15)/t9-,10-/m0/s1. The van der Waals surface area contributed by atoms with Crippen LogP contribution in [-0.4, -0.2) is 58.4 Å². The largest absolute Gasteiger partial charge is 0.377 e. The van der Waals surface area contributed by atoms with Gasteiger partial charge in [0, 0.05) is 18.0 Å². The lowest BCUT2D eigenvalue weighted by Crippen LogP contribution is -2.33. The highest BCUT2D eigenvalue weighted by molar-refractivity contribution is 8.17. The van der Waals surface area contributed by atoms with Crippen molar-refractivity contribution in [3.8, 4) is 0 Å². The van der Waals surface area contributed by atoms with Crippen molar-refractivity contribution < 1.29 is 4.74 Å². The molecule has 1 saturated heterocycles. The van der Waals surface area contributed by atoms with Crippen LogP contribution in [0.15, 0.2) is 21.1 Å². The highest BCUT2D eigenvalue weighted by Gasteiger charge is 2.37. The molecule has 0 bridgehead atoms. The van der Waals surface area contributed by atoms with Crippen molar-refractivity contribution in [2.75, 3.05) is 25.5 Å². The quantitative estimate of drug-likeness (QED) is 0.837. The van der Waals surface area contributed by atoms with Crippen molar-refractivity contribution in [2.24, 2.45) is 9.98 Å². The zero-order chi connectivity index (χ0) is 13.7. The molecule has 0 aromatic rings. The molecule has 4 heterocycles. The third-order valence-corrected chi connectivity index (χ3v) is 5.67. The maximum atomic E-state index is 5.40. The fourth-order valence-corrected chi connectivity index (χ4v) is 4.93. The Morgan fingerprint density at radius 1 is 1.55 bits per heavy atom. The summed E-state index contributed by atoms with van der Waals surface area (Å²) in [4.78, 5) is 11.8. The van der Waals surface area contributed by atoms with E-state index in [1.54, 1.807) is 23.5 Å². The Bertz CT molecular complexity index is 528. The van der Waals surface area contributed by atoms with Gasteiger partial charge in [0.05, 0.1) is 30.8 Å². The Morgan fingerprint density at radius 2 is 2.45 bits per heavy atom. The van der Waals surface area contributed by atoms with Gasteiger partial charge in [0.2, 0.25) is 0 Å². The molecule has 4 rings (SSSR count). The van der Waals surface area contributed by atoms with Crippen molar-refractivity contribution >= 4 is 33.9 Å². The maximum Gasteiger partial charge on any atom is 0.168 e. The number of hydrogen-bond acceptors (Lipinski definition) is 7. The molecule has 4 aliphatic rings. The summed E-state index contributed by atoms with van der Waals surface area (Å²) in [5, 5.41) is 7.90. The molecule has 0 amide bonds. The van der Waals surface area contributed by atoms with Crippen molar-refractivity contribution in [1.82, 2.24) is 10.2 Å². The predicted octanol–water partition coefficient (Wildman–Crippen LogP) is 1.48. The first kappa shape index (κ1) is 13.0. The molecule has 1 N–H and O–H groups in total. The van der Waals surface area contributed by atoms with Gasteiger partial charge >= 0.3 is 0 Å². The smallest absolute Gasteiger partial charge is 0.168 e. The lowest BCUT2D eigenvalue weighted by atomic mass is 10.1. The molecule has 0 aromatic carbocycles. The van der Waals surface area contributed by atoms with E-state index in [1.165, 1.54) is 5.70 Å². The first-order valence-corrected chi connectivity index (χ1v) is 8.75. The minimum atomic E-state index is 0.0456. The van der Waals surface area contributed by atoms with Gasteiger partial charge in [0.25, 0.3) is 0 Å². The molecule has 5 nitrogen and oxygen atoms in total. The topological polar surface area (TPSA) is 49.2 Å². The molecular weight excluding hydrogens is 292 g/mol. The molecule has 0 spiro atoms. The van der Waals surface area contributed by atoms with Gasteiger partial charge in [-0.05, 0) is 19.3 Å². The van der Waals surface area contributed by atoms with Crippen LogP contribution in [0.4, 0.5) is 0 Å². The number of aliphatic imine (C=N–C) groups is 2. The number of thioether (sulfide) groups is 2. The van der Waals surface area contributed by atoms with Crippen LogP contribution in [0.5, 0.6) is 0 Å². The zero-order valence-corrected chi connectivity index (χ0v) is 13.3. The summed E-state index contributed by atoms with van der Waals surface area (Å²) in [5.41, 5.74) is 1.39. The molecule has 7 heteroatoms. The Balaban J connectivity index is 1.36. The summed E-state index contributed by atoms with van der Waals surface area (Å²) >= 11 is 3.54. The Hall–Kier alpha value is -0.660. The minimum Gasteiger partial charge on any atom is -0.377 e. The lowest BCUT2D eigenvalue weighted by molar-refractivity contribution is 0.188. The highest BCUT2D eigenvalue weighted by Crippen LogP contribution is 2.36. The number of rotatable bonds is 2. The van der Waals surface area contributed by atoms with Crippen molar-refractivity contribution in [2.45, 2.75) is 31.5 Å². The van der Waals surface area contributed by atoms with Crippen LogP contribution in [-0.2, 0) is 4.74 Å². The summed E-state index contributed by atoms with van der Waals surface area (Å²) < 4.78 is 5.40. The average molecular weight is 310 g/mol. The maximum absolute atomic E-state index is 5.40. The van der Waals surface area contributed by atoms with Crippen LogP contribution < -0.4 is 5.32 Å². The first-order valence-electron chi connectivity index (χ1n) is 6.89. The van der Waals surface area contributed by atoms with Gasteiger partial charge in [-0.15, -0.1) is 0 Å². The fraction of sp³-hybridized carbons (Fsp3) is 0.692. The third kappa shape index (κ3) is 2.25. The molecule has 4 aliphatic heterocycles. The van der Waals surface area contributed by atoms with Gasteiger partial charge in [-0.2, -0.15) is 0 Å². The van der Waals surface area contributed by atoms with Gasteiger partial charge in [0.1, 0.15) is 0 Å². The summed E-state index contributed by atoms with van der Waals surface area (Å²) in [5.74, 6) is 0.953. The third-order valence-electron chi connectivity index (χ3n) is 3.82. The van der Waals surface area contributed by atoms with E-state index in [0.717, 1.165) is 35.8 Å². The SMILES string of the molecule is CC1(C)CN2C(CSC3=N[C@H]4COC[C@@H]4N3)=CSC2=N1. The molecule has 0 saturated carbocycles. The number of hydrogen-bond donors (Lipinski definition) is 1. The van der Waals surface area contributed by atoms with Crippen molar-refractivity contribution in [1.29, 1.82) is 0 Å². The summed E-state index contributed by atoms with van der Waals surface area (Å²) in [6.07, 6.45) is 0. The highest BCUT2D eigenvalue weighted by atomic mass is 32.2. The molecule has 0 unspecified atom stereocenters. The Morgan fingerprint density at radius 3 is 3.30 bits per heavy atom. The van der Waals surface area contributed by atoms with Crippen LogP contribution in [0, 0.1) is 0 Å². The van der Waals surface area contributed by atoms with E-state index in [2.05, 4.69) is 34.5 Å². The molecule has 2 atom stereocenters. The number of nitrogens with one attached hydrogen (secondary N) is 1. The van der Waals surface area contributed by atoms with Crippen LogP contribution in [0.1, 0.15) is 13.8 Å². The van der Waals surface area contributed by atoms with E-state index < -0.39 is 0 Å². The number of ether oxygens (including phenoxy) is 1. The summed E-state index contributed by atoms with van der Waals surface area (Å²) in [6, 6.07) is 0.722. The molecular formula is C13H18N4OS2. The van der Waals surface area contributed by atoms with Gasteiger partial charge in [-0.25, -0.2) is 0 Å². The lowest BCUT2D eigenvalue weighted by Gasteiger charge is -2.20. The monoisotopic (exact) mass is 310 g/mol. The van der Waals surface area contributed by atoms with E-state index >= 15 is 0 Å². The second kappa shape index (κ2) is 4.68. The molecule has 108 valence electrons. The number of nitrogens with zero attached hydrogens (tertiary/aromatic N) is 3. The molecule has 1 fully saturated rings. The van der Waals surface area contributed by atoms with Gasteiger partial charge in [-0.1, -0.05) is 23.5 Å². The normalized spacial score (nSPS) is 33.5. The van der Waals surface area contributed by atoms with Gasteiger partial charge < -0.3 is 15.0 Å². The Kier molecular flexibility index (Phi) is 3.05. The average Bonchev–Trinajstić information content (AvgIpc) is 3.05. The van der Waals surface area contributed by atoms with Crippen molar-refractivity contribution in [3.63, 3.8) is 0 Å². The molecule has 0 aliphatic carbocycles. The molecule has 0 radical (unpaired) electrons. The predicted molar refractivity (Wildman–Crippen MR) is 85.3 cm³/mol. The zero-order valence-electron chi connectivity index (χ0n) is 11.6. The van der Waals surface area contributed by atoms with Crippen LogP contribution in [0.2, 0.25) is 0 Å². The second-order valence-electron chi connectivity index (χ2n) is 6.10. The van der Waals surface area contributed by atoms with E-state index in [1.807, 2.05) is 0 Å². The van der Waals surface area contributed by atoms with Crippen molar-refractivity contribution in [3.05, 3.63) is 11.1 Å². The van der Waals surface area contributed by atoms with Gasteiger partial charge in [0.15, 0.2) is 10.3 Å². The summed E-state index contributed by atoms with van der Waals surface area (Å²) in [7, 11) is 0. The number of fused-ring (bicyclic) bond motifs is 2. The molecule has 20 heavy (non-hydrogen) atoms. The van der Waals surface area contributed by atoms with Crippen LogP contribution >= 0.6 is 23.5 Å². The van der Waals surface area contributed by atoms with Crippen LogP contribution in [0.25, 0.3) is 0 Å².